The third kappa shape index (κ3) is 4.06. The van der Waals surface area contributed by atoms with Gasteiger partial charge in [0.25, 0.3) is 0 Å². The third-order valence-electron chi connectivity index (χ3n) is 2.59. The van der Waals surface area contributed by atoms with Crippen LogP contribution in [-0.4, -0.2) is 24.7 Å². The summed E-state index contributed by atoms with van der Waals surface area (Å²) >= 11 is 0. The van der Waals surface area contributed by atoms with Crippen LogP contribution in [0.3, 0.4) is 0 Å². The Bertz CT molecular complexity index is 326. The Labute approximate surface area is 96.2 Å². The number of nitrogen functional groups attached to an aromatic ring is 1. The molecule has 0 bridgehead atoms. The van der Waals surface area contributed by atoms with Crippen LogP contribution in [0.2, 0.25) is 0 Å². The van der Waals surface area contributed by atoms with Gasteiger partial charge in [-0.15, -0.1) is 0 Å². The van der Waals surface area contributed by atoms with Gasteiger partial charge in [0.05, 0.1) is 0 Å². The molecule has 1 aliphatic rings. The summed E-state index contributed by atoms with van der Waals surface area (Å²) in [5, 5.41) is 3.22. The van der Waals surface area contributed by atoms with Gasteiger partial charge in [-0.3, -0.25) is 0 Å². The molecule has 1 aliphatic carbocycles. The van der Waals surface area contributed by atoms with E-state index < -0.39 is 0 Å². The summed E-state index contributed by atoms with van der Waals surface area (Å²) < 4.78 is 5.53. The molecule has 0 amide bonds. The second kappa shape index (κ2) is 5.70. The molecule has 4 nitrogen and oxygen atoms in total. The molecule has 1 fully saturated rings. The molecule has 1 aromatic heterocycles. The Morgan fingerprint density at radius 1 is 1.44 bits per heavy atom. The molecule has 88 valence electrons. The van der Waals surface area contributed by atoms with E-state index in [1.165, 1.54) is 12.8 Å². The third-order valence-corrected chi connectivity index (χ3v) is 2.59. The number of nitrogens with two attached hydrogens (primary N) is 1. The van der Waals surface area contributed by atoms with Gasteiger partial charge in [-0.1, -0.05) is 6.07 Å². The molecule has 0 spiro atoms. The zero-order chi connectivity index (χ0) is 11.2. The quantitative estimate of drug-likeness (QED) is 0.690. The van der Waals surface area contributed by atoms with Crippen molar-refractivity contribution in [1.82, 2.24) is 4.98 Å². The van der Waals surface area contributed by atoms with Crippen molar-refractivity contribution in [1.29, 1.82) is 0 Å². The van der Waals surface area contributed by atoms with Gasteiger partial charge in [-0.05, 0) is 37.3 Å². The van der Waals surface area contributed by atoms with Gasteiger partial charge in [0.15, 0.2) is 0 Å². The summed E-state index contributed by atoms with van der Waals surface area (Å²) in [6.07, 6.45) is 3.71. The minimum atomic E-state index is 0.551. The fourth-order valence-corrected chi connectivity index (χ4v) is 1.48. The van der Waals surface area contributed by atoms with Crippen molar-refractivity contribution in [3.8, 4) is 0 Å². The second-order valence-electron chi connectivity index (χ2n) is 4.25. The average molecular weight is 221 g/mol. The number of nitrogens with zero attached hydrogens (tertiary/aromatic N) is 1. The first-order valence-electron chi connectivity index (χ1n) is 5.89. The van der Waals surface area contributed by atoms with E-state index in [0.717, 1.165) is 37.9 Å². The van der Waals surface area contributed by atoms with Crippen molar-refractivity contribution in [2.45, 2.75) is 19.3 Å². The summed E-state index contributed by atoms with van der Waals surface area (Å²) in [6, 6.07) is 5.60. The largest absolute Gasteiger partial charge is 0.384 e. The van der Waals surface area contributed by atoms with Gasteiger partial charge in [-0.2, -0.15) is 0 Å². The average Bonchev–Trinajstić information content (AvgIpc) is 3.07. The fraction of sp³-hybridized carbons (Fsp3) is 0.583. The maximum atomic E-state index is 5.57. The lowest BCUT2D eigenvalue weighted by Crippen LogP contribution is -2.08. The van der Waals surface area contributed by atoms with Gasteiger partial charge in [-0.25, -0.2) is 4.98 Å². The van der Waals surface area contributed by atoms with Crippen LogP contribution in [0.15, 0.2) is 18.2 Å². The number of ether oxygens (including phenoxy) is 1. The predicted octanol–water partition coefficient (Wildman–Crippen LogP) is 1.89. The molecule has 16 heavy (non-hydrogen) atoms. The van der Waals surface area contributed by atoms with Gasteiger partial charge < -0.3 is 15.8 Å². The smallest absolute Gasteiger partial charge is 0.128 e. The molecule has 1 heterocycles. The van der Waals surface area contributed by atoms with Crippen LogP contribution in [-0.2, 0) is 4.74 Å². The maximum absolute atomic E-state index is 5.57. The van der Waals surface area contributed by atoms with Crippen LogP contribution in [0.5, 0.6) is 0 Å². The Hall–Kier alpha value is -1.29. The summed E-state index contributed by atoms with van der Waals surface area (Å²) in [4.78, 5) is 4.16. The van der Waals surface area contributed by atoms with E-state index in [0.29, 0.717) is 5.82 Å². The molecule has 1 aromatic rings. The normalized spacial score (nSPS) is 15.0. The van der Waals surface area contributed by atoms with E-state index in [4.69, 9.17) is 10.5 Å². The number of rotatable bonds is 7. The molecule has 2 rings (SSSR count). The van der Waals surface area contributed by atoms with Crippen LogP contribution in [0.4, 0.5) is 11.6 Å². The van der Waals surface area contributed by atoms with Crippen LogP contribution in [0, 0.1) is 5.92 Å². The van der Waals surface area contributed by atoms with Crippen LogP contribution in [0.1, 0.15) is 19.3 Å². The standard InChI is InChI=1S/C12H19N3O/c13-11-3-1-4-12(15-11)14-7-2-8-16-9-10-5-6-10/h1,3-4,10H,2,5-9H2,(H3,13,14,15). The Kier molecular flexibility index (Phi) is 3.99. The van der Waals surface area contributed by atoms with Gasteiger partial charge >= 0.3 is 0 Å². The first kappa shape index (κ1) is 11.2. The van der Waals surface area contributed by atoms with Crippen molar-refractivity contribution in [3.05, 3.63) is 18.2 Å². The minimum Gasteiger partial charge on any atom is -0.384 e. The number of hydrogen-bond acceptors (Lipinski definition) is 4. The summed E-state index contributed by atoms with van der Waals surface area (Å²) in [5.41, 5.74) is 5.57. The van der Waals surface area contributed by atoms with E-state index >= 15 is 0 Å². The van der Waals surface area contributed by atoms with Crippen molar-refractivity contribution in [2.75, 3.05) is 30.8 Å². The van der Waals surface area contributed by atoms with Crippen LogP contribution >= 0.6 is 0 Å². The lowest BCUT2D eigenvalue weighted by atomic mass is 10.4. The van der Waals surface area contributed by atoms with Crippen molar-refractivity contribution >= 4 is 11.6 Å². The molecule has 0 aromatic carbocycles. The number of anilines is 2. The van der Waals surface area contributed by atoms with E-state index in [2.05, 4.69) is 10.3 Å². The highest BCUT2D eigenvalue weighted by atomic mass is 16.5. The second-order valence-corrected chi connectivity index (χ2v) is 4.25. The first-order valence-corrected chi connectivity index (χ1v) is 5.89. The zero-order valence-corrected chi connectivity index (χ0v) is 9.48. The van der Waals surface area contributed by atoms with E-state index in [9.17, 15) is 0 Å². The van der Waals surface area contributed by atoms with E-state index in [1.807, 2.05) is 12.1 Å². The number of hydrogen-bond donors (Lipinski definition) is 2. The molecular weight excluding hydrogens is 202 g/mol. The van der Waals surface area contributed by atoms with Gasteiger partial charge in [0, 0.05) is 19.8 Å². The number of pyridine rings is 1. The lowest BCUT2D eigenvalue weighted by Gasteiger charge is -2.06. The fourth-order valence-electron chi connectivity index (χ4n) is 1.48. The minimum absolute atomic E-state index is 0.551. The Morgan fingerprint density at radius 2 is 2.31 bits per heavy atom. The molecule has 0 radical (unpaired) electrons. The van der Waals surface area contributed by atoms with Crippen LogP contribution in [0.25, 0.3) is 0 Å². The lowest BCUT2D eigenvalue weighted by molar-refractivity contribution is 0.124. The van der Waals surface area contributed by atoms with Crippen LogP contribution < -0.4 is 11.1 Å². The molecule has 1 saturated carbocycles. The highest BCUT2D eigenvalue weighted by Crippen LogP contribution is 2.28. The molecule has 4 heteroatoms. The van der Waals surface area contributed by atoms with Crippen molar-refractivity contribution in [3.63, 3.8) is 0 Å². The Balaban J connectivity index is 1.53. The SMILES string of the molecule is Nc1cccc(NCCCOCC2CC2)n1. The van der Waals surface area contributed by atoms with E-state index in [-0.39, 0.29) is 0 Å². The molecule has 3 N–H and O–H groups in total. The predicted molar refractivity (Wildman–Crippen MR) is 65.3 cm³/mol. The molecule has 0 unspecified atom stereocenters. The highest BCUT2D eigenvalue weighted by molar-refractivity contribution is 5.41. The molecule has 0 aliphatic heterocycles. The Morgan fingerprint density at radius 3 is 3.06 bits per heavy atom. The first-order chi connectivity index (χ1) is 7.84. The summed E-state index contributed by atoms with van der Waals surface area (Å²) in [7, 11) is 0. The molecule has 0 atom stereocenters. The van der Waals surface area contributed by atoms with Gasteiger partial charge in [0.1, 0.15) is 11.6 Å². The highest BCUT2D eigenvalue weighted by Gasteiger charge is 2.20. The summed E-state index contributed by atoms with van der Waals surface area (Å²) in [6.45, 7) is 2.64. The van der Waals surface area contributed by atoms with Crippen molar-refractivity contribution in [2.24, 2.45) is 5.92 Å². The number of nitrogens with one attached hydrogen (secondary N) is 1. The van der Waals surface area contributed by atoms with Crippen molar-refractivity contribution < 1.29 is 4.74 Å². The maximum Gasteiger partial charge on any atom is 0.128 e. The zero-order valence-electron chi connectivity index (χ0n) is 9.48. The monoisotopic (exact) mass is 221 g/mol. The topological polar surface area (TPSA) is 60.2 Å². The molecule has 0 saturated heterocycles. The molecular formula is C12H19N3O. The number of aromatic nitrogens is 1. The van der Waals surface area contributed by atoms with E-state index in [1.54, 1.807) is 6.07 Å². The summed E-state index contributed by atoms with van der Waals surface area (Å²) in [5.74, 6) is 2.24. The van der Waals surface area contributed by atoms with Gasteiger partial charge in [0.2, 0.25) is 0 Å².